The Balaban J connectivity index is 1.48. The third-order valence-corrected chi connectivity index (χ3v) is 5.33. The van der Waals surface area contributed by atoms with Crippen LogP contribution in [0, 0.1) is 0 Å². The number of rotatable bonds is 2. The summed E-state index contributed by atoms with van der Waals surface area (Å²) in [6.45, 7) is 3.85. The quantitative estimate of drug-likeness (QED) is 0.688. The van der Waals surface area contributed by atoms with Crippen molar-refractivity contribution in [1.29, 1.82) is 0 Å². The lowest BCUT2D eigenvalue weighted by Gasteiger charge is -2.35. The van der Waals surface area contributed by atoms with E-state index in [0.29, 0.717) is 0 Å². The normalized spacial score (nSPS) is 15.5. The smallest absolute Gasteiger partial charge is 0.186 e. The fraction of sp³-hybridized carbons (Fsp3) is 0.267. The summed E-state index contributed by atoms with van der Waals surface area (Å²) >= 11 is 5.16. The lowest BCUT2D eigenvalue weighted by molar-refractivity contribution is 0.646. The molecule has 1 fully saturated rings. The third-order valence-electron chi connectivity index (χ3n) is 3.76. The van der Waals surface area contributed by atoms with Crippen LogP contribution in [0.15, 0.2) is 41.3 Å². The van der Waals surface area contributed by atoms with Gasteiger partial charge in [0.05, 0.1) is 10.9 Å². The minimum atomic E-state index is 0.961. The van der Waals surface area contributed by atoms with Crippen LogP contribution >= 0.6 is 27.3 Å². The number of piperazine rings is 1. The standard InChI is InChI=1S/C15H14BrN5S/c16-11-1-2-14(18-9-11)20-5-7-21(8-6-20)15-19-12-10-17-4-3-13(12)22-15/h1-4,9-10H,5-8H2. The van der Waals surface area contributed by atoms with Gasteiger partial charge in [0.25, 0.3) is 0 Å². The van der Waals surface area contributed by atoms with E-state index in [2.05, 4.69) is 46.7 Å². The maximum Gasteiger partial charge on any atom is 0.186 e. The first kappa shape index (κ1) is 13.9. The van der Waals surface area contributed by atoms with E-state index in [1.807, 2.05) is 30.7 Å². The molecule has 7 heteroatoms. The topological polar surface area (TPSA) is 45.2 Å². The molecule has 5 nitrogen and oxygen atoms in total. The van der Waals surface area contributed by atoms with Gasteiger partial charge < -0.3 is 9.80 Å². The van der Waals surface area contributed by atoms with Crippen LogP contribution < -0.4 is 9.80 Å². The highest BCUT2D eigenvalue weighted by molar-refractivity contribution is 9.10. The van der Waals surface area contributed by atoms with Crippen molar-refractivity contribution in [3.63, 3.8) is 0 Å². The molecule has 0 atom stereocenters. The largest absolute Gasteiger partial charge is 0.353 e. The number of fused-ring (bicyclic) bond motifs is 1. The lowest BCUT2D eigenvalue weighted by atomic mass is 10.3. The average molecular weight is 376 g/mol. The Morgan fingerprint density at radius 2 is 1.82 bits per heavy atom. The van der Waals surface area contributed by atoms with Gasteiger partial charge >= 0.3 is 0 Å². The second-order valence-electron chi connectivity index (χ2n) is 5.15. The van der Waals surface area contributed by atoms with Gasteiger partial charge in [-0.3, -0.25) is 4.98 Å². The maximum atomic E-state index is 4.69. The van der Waals surface area contributed by atoms with Crippen molar-refractivity contribution >= 4 is 48.4 Å². The molecule has 0 aliphatic carbocycles. The number of anilines is 2. The van der Waals surface area contributed by atoms with Crippen LogP contribution in [0.3, 0.4) is 0 Å². The molecule has 22 heavy (non-hydrogen) atoms. The Bertz CT molecular complexity index is 747. The Kier molecular flexibility index (Phi) is 3.67. The van der Waals surface area contributed by atoms with Gasteiger partial charge in [0.15, 0.2) is 5.13 Å². The molecule has 4 rings (SSSR count). The van der Waals surface area contributed by atoms with Gasteiger partial charge in [0.1, 0.15) is 11.3 Å². The van der Waals surface area contributed by atoms with Crippen LogP contribution in [-0.4, -0.2) is 41.1 Å². The second kappa shape index (κ2) is 5.81. The SMILES string of the molecule is Brc1ccc(N2CCN(c3nc4cnccc4s3)CC2)nc1. The predicted octanol–water partition coefficient (Wildman–Crippen LogP) is 3.18. The Hall–Kier alpha value is -1.73. The number of halogens is 1. The molecule has 1 saturated heterocycles. The highest BCUT2D eigenvalue weighted by Crippen LogP contribution is 2.29. The number of aromatic nitrogens is 3. The molecule has 3 aromatic heterocycles. The third kappa shape index (κ3) is 2.66. The van der Waals surface area contributed by atoms with Crippen LogP contribution in [0.5, 0.6) is 0 Å². The molecule has 1 aliphatic heterocycles. The van der Waals surface area contributed by atoms with Gasteiger partial charge in [-0.1, -0.05) is 11.3 Å². The average Bonchev–Trinajstić information content (AvgIpc) is 3.00. The molecule has 0 spiro atoms. The van der Waals surface area contributed by atoms with Crippen molar-refractivity contribution < 1.29 is 0 Å². The van der Waals surface area contributed by atoms with E-state index < -0.39 is 0 Å². The van der Waals surface area contributed by atoms with Crippen molar-refractivity contribution in [2.24, 2.45) is 0 Å². The first-order valence-electron chi connectivity index (χ1n) is 7.11. The summed E-state index contributed by atoms with van der Waals surface area (Å²) in [6.07, 6.45) is 5.50. The van der Waals surface area contributed by atoms with Gasteiger partial charge in [-0.05, 0) is 34.1 Å². The van der Waals surface area contributed by atoms with Crippen LogP contribution in [0.1, 0.15) is 0 Å². The van der Waals surface area contributed by atoms with Crippen molar-refractivity contribution in [1.82, 2.24) is 15.0 Å². The molecule has 4 heterocycles. The summed E-state index contributed by atoms with van der Waals surface area (Å²) < 4.78 is 2.21. The molecule has 0 aromatic carbocycles. The molecular weight excluding hydrogens is 362 g/mol. The Morgan fingerprint density at radius 1 is 1.00 bits per heavy atom. The summed E-state index contributed by atoms with van der Waals surface area (Å²) in [6, 6.07) is 6.12. The van der Waals surface area contributed by atoms with Crippen molar-refractivity contribution in [3.8, 4) is 0 Å². The molecule has 0 radical (unpaired) electrons. The highest BCUT2D eigenvalue weighted by atomic mass is 79.9. The van der Waals surface area contributed by atoms with E-state index >= 15 is 0 Å². The molecule has 0 saturated carbocycles. The summed E-state index contributed by atoms with van der Waals surface area (Å²) in [7, 11) is 0. The van der Waals surface area contributed by atoms with E-state index in [9.17, 15) is 0 Å². The number of pyridine rings is 2. The lowest BCUT2D eigenvalue weighted by Crippen LogP contribution is -2.46. The predicted molar refractivity (Wildman–Crippen MR) is 93.8 cm³/mol. The minimum absolute atomic E-state index is 0.961. The van der Waals surface area contributed by atoms with E-state index in [0.717, 1.165) is 47.1 Å². The number of nitrogens with zero attached hydrogens (tertiary/aromatic N) is 5. The summed E-state index contributed by atoms with van der Waals surface area (Å²) in [5.74, 6) is 1.04. The van der Waals surface area contributed by atoms with Gasteiger partial charge in [0.2, 0.25) is 0 Å². The number of hydrogen-bond donors (Lipinski definition) is 0. The molecule has 112 valence electrons. The number of hydrogen-bond acceptors (Lipinski definition) is 6. The molecule has 0 N–H and O–H groups in total. The molecule has 3 aromatic rings. The zero-order chi connectivity index (χ0) is 14.9. The van der Waals surface area contributed by atoms with Crippen LogP contribution in [0.2, 0.25) is 0 Å². The summed E-state index contributed by atoms with van der Waals surface area (Å²) in [4.78, 5) is 18.0. The zero-order valence-corrected chi connectivity index (χ0v) is 14.2. The first-order chi connectivity index (χ1) is 10.8. The van der Waals surface area contributed by atoms with E-state index in [1.165, 1.54) is 4.70 Å². The summed E-state index contributed by atoms with van der Waals surface area (Å²) in [5.41, 5.74) is 0.986. The van der Waals surface area contributed by atoms with Crippen LogP contribution in [0.4, 0.5) is 10.9 Å². The monoisotopic (exact) mass is 375 g/mol. The molecule has 0 bridgehead atoms. The fourth-order valence-electron chi connectivity index (χ4n) is 2.59. The van der Waals surface area contributed by atoms with E-state index in [-0.39, 0.29) is 0 Å². The Labute approximate surface area is 140 Å². The van der Waals surface area contributed by atoms with Crippen molar-refractivity contribution in [3.05, 3.63) is 41.3 Å². The number of thiazole rings is 1. The highest BCUT2D eigenvalue weighted by Gasteiger charge is 2.20. The first-order valence-corrected chi connectivity index (χ1v) is 8.72. The van der Waals surface area contributed by atoms with E-state index in [4.69, 9.17) is 0 Å². The second-order valence-corrected chi connectivity index (χ2v) is 7.07. The van der Waals surface area contributed by atoms with Gasteiger partial charge in [0, 0.05) is 43.0 Å². The zero-order valence-electron chi connectivity index (χ0n) is 11.8. The van der Waals surface area contributed by atoms with Gasteiger partial charge in [-0.25, -0.2) is 9.97 Å². The van der Waals surface area contributed by atoms with Crippen LogP contribution in [0.25, 0.3) is 10.2 Å². The fourth-order valence-corrected chi connectivity index (χ4v) is 3.80. The molecule has 0 amide bonds. The molecule has 1 aliphatic rings. The molecule has 0 unspecified atom stereocenters. The minimum Gasteiger partial charge on any atom is -0.353 e. The Morgan fingerprint density at radius 3 is 2.55 bits per heavy atom. The van der Waals surface area contributed by atoms with Crippen molar-refractivity contribution in [2.75, 3.05) is 36.0 Å². The summed E-state index contributed by atoms with van der Waals surface area (Å²) in [5, 5.41) is 1.09. The van der Waals surface area contributed by atoms with Crippen molar-refractivity contribution in [2.45, 2.75) is 0 Å². The molecular formula is C15H14BrN5S. The maximum absolute atomic E-state index is 4.69. The van der Waals surface area contributed by atoms with E-state index in [1.54, 1.807) is 11.3 Å². The van der Waals surface area contributed by atoms with Gasteiger partial charge in [-0.2, -0.15) is 0 Å². The van der Waals surface area contributed by atoms with Crippen LogP contribution in [-0.2, 0) is 0 Å². The van der Waals surface area contributed by atoms with Gasteiger partial charge in [-0.15, -0.1) is 0 Å².